The molecule has 0 saturated heterocycles. The van der Waals surface area contributed by atoms with Crippen molar-refractivity contribution in [1.82, 2.24) is 15.0 Å². The molecule has 1 aliphatic carbocycles. The highest BCUT2D eigenvalue weighted by Crippen LogP contribution is 2.30. The second kappa shape index (κ2) is 9.58. The van der Waals surface area contributed by atoms with E-state index >= 15 is 0 Å². The normalized spacial score (nSPS) is 14.3. The third-order valence-electron chi connectivity index (χ3n) is 6.26. The molecular weight excluding hydrogens is 430 g/mol. The van der Waals surface area contributed by atoms with Gasteiger partial charge < -0.3 is 11.1 Å². The lowest BCUT2D eigenvalue weighted by molar-refractivity contribution is 0.102. The van der Waals surface area contributed by atoms with Gasteiger partial charge in [0.25, 0.3) is 5.91 Å². The van der Waals surface area contributed by atoms with E-state index in [1.165, 1.54) is 32.1 Å². The summed E-state index contributed by atoms with van der Waals surface area (Å²) in [5.74, 6) is 0.502. The van der Waals surface area contributed by atoms with Crippen molar-refractivity contribution in [1.29, 1.82) is 0 Å². The lowest BCUT2D eigenvalue weighted by Gasteiger charge is -2.20. The molecule has 0 atom stereocenters. The average Bonchev–Trinajstić information content (AvgIpc) is 3.54. The van der Waals surface area contributed by atoms with Crippen LogP contribution in [-0.2, 0) is 6.54 Å². The van der Waals surface area contributed by atoms with Crippen molar-refractivity contribution in [2.75, 3.05) is 11.1 Å². The maximum atomic E-state index is 12.8. The fourth-order valence-electron chi connectivity index (χ4n) is 4.40. The van der Waals surface area contributed by atoms with E-state index in [0.717, 1.165) is 28.2 Å². The minimum atomic E-state index is -0.197. The topological polar surface area (TPSA) is 85.8 Å². The lowest BCUT2D eigenvalue weighted by Crippen LogP contribution is -2.14. The number of hydrogen-bond donors (Lipinski definition) is 2. The standard InChI is InChI=1S/C26H27N5OS/c27-22-13-12-21(25-7-4-14-33-25)15-23(22)28-26(32)20-10-8-19(9-11-20)24-17-31(30-29-24)16-18-5-2-1-3-6-18/h4,7-15,17-18H,1-3,5-6,16,27H2,(H,28,32). The first kappa shape index (κ1) is 21.4. The van der Waals surface area contributed by atoms with Crippen molar-refractivity contribution >= 4 is 28.6 Å². The first-order valence-electron chi connectivity index (χ1n) is 11.4. The van der Waals surface area contributed by atoms with Crippen molar-refractivity contribution in [2.45, 2.75) is 38.6 Å². The number of thiophene rings is 1. The average molecular weight is 458 g/mol. The van der Waals surface area contributed by atoms with Gasteiger partial charge in [-0.3, -0.25) is 9.48 Å². The van der Waals surface area contributed by atoms with Gasteiger partial charge in [-0.2, -0.15) is 0 Å². The van der Waals surface area contributed by atoms with Crippen molar-refractivity contribution in [3.05, 3.63) is 71.7 Å². The molecule has 0 bridgehead atoms. The molecule has 33 heavy (non-hydrogen) atoms. The summed E-state index contributed by atoms with van der Waals surface area (Å²) in [6.45, 7) is 0.930. The van der Waals surface area contributed by atoms with Gasteiger partial charge in [0.05, 0.1) is 17.6 Å². The molecule has 4 aromatic rings. The van der Waals surface area contributed by atoms with Gasteiger partial charge in [-0.1, -0.05) is 48.7 Å². The van der Waals surface area contributed by atoms with Crippen molar-refractivity contribution < 1.29 is 4.79 Å². The summed E-state index contributed by atoms with van der Waals surface area (Å²) in [6, 6.07) is 17.2. The summed E-state index contributed by atoms with van der Waals surface area (Å²) < 4.78 is 1.95. The highest BCUT2D eigenvalue weighted by atomic mass is 32.1. The molecule has 0 aliphatic heterocycles. The van der Waals surface area contributed by atoms with Gasteiger partial charge in [0.15, 0.2) is 0 Å². The predicted molar refractivity (Wildman–Crippen MR) is 134 cm³/mol. The van der Waals surface area contributed by atoms with Crippen LogP contribution in [0.25, 0.3) is 21.7 Å². The van der Waals surface area contributed by atoms with Crippen LogP contribution in [0, 0.1) is 5.92 Å². The zero-order valence-corrected chi connectivity index (χ0v) is 19.2. The Kier molecular flexibility index (Phi) is 6.21. The molecule has 2 heterocycles. The lowest BCUT2D eigenvalue weighted by atomic mass is 9.89. The van der Waals surface area contributed by atoms with E-state index in [1.807, 2.05) is 70.9 Å². The number of anilines is 2. The number of nitrogens with one attached hydrogen (secondary N) is 1. The number of aromatic nitrogens is 3. The summed E-state index contributed by atoms with van der Waals surface area (Å²) in [7, 11) is 0. The quantitative estimate of drug-likeness (QED) is 0.343. The van der Waals surface area contributed by atoms with Crippen molar-refractivity contribution in [3.8, 4) is 21.7 Å². The molecule has 168 valence electrons. The molecule has 5 rings (SSSR count). The minimum absolute atomic E-state index is 0.197. The molecule has 0 spiro atoms. The molecule has 1 amide bonds. The van der Waals surface area contributed by atoms with Crippen LogP contribution < -0.4 is 11.1 Å². The fourth-order valence-corrected chi connectivity index (χ4v) is 5.13. The van der Waals surface area contributed by atoms with E-state index in [4.69, 9.17) is 5.73 Å². The predicted octanol–water partition coefficient (Wildman–Crippen LogP) is 6.09. The third kappa shape index (κ3) is 4.98. The molecule has 1 saturated carbocycles. The van der Waals surface area contributed by atoms with Gasteiger partial charge in [0.2, 0.25) is 0 Å². The van der Waals surface area contributed by atoms with E-state index in [9.17, 15) is 4.79 Å². The fraction of sp³-hybridized carbons (Fsp3) is 0.269. The van der Waals surface area contributed by atoms with Crippen LogP contribution in [0.2, 0.25) is 0 Å². The molecule has 3 N–H and O–H groups in total. The van der Waals surface area contributed by atoms with Gasteiger partial charge in [0, 0.05) is 22.5 Å². The van der Waals surface area contributed by atoms with E-state index in [-0.39, 0.29) is 5.91 Å². The van der Waals surface area contributed by atoms with Crippen LogP contribution in [0.4, 0.5) is 11.4 Å². The van der Waals surface area contributed by atoms with Crippen molar-refractivity contribution in [3.63, 3.8) is 0 Å². The molecule has 7 heteroatoms. The number of amides is 1. The second-order valence-corrected chi connectivity index (χ2v) is 9.59. The number of benzene rings is 2. The van der Waals surface area contributed by atoms with Gasteiger partial charge in [0.1, 0.15) is 5.69 Å². The first-order chi connectivity index (χ1) is 16.2. The first-order valence-corrected chi connectivity index (χ1v) is 12.3. The second-order valence-electron chi connectivity index (χ2n) is 8.64. The molecule has 2 aromatic heterocycles. The van der Waals surface area contributed by atoms with Gasteiger partial charge >= 0.3 is 0 Å². The maximum Gasteiger partial charge on any atom is 0.255 e. The van der Waals surface area contributed by atoms with Crippen LogP contribution >= 0.6 is 11.3 Å². The highest BCUT2D eigenvalue weighted by molar-refractivity contribution is 7.13. The number of nitrogen functional groups attached to an aromatic ring is 1. The maximum absolute atomic E-state index is 12.8. The van der Waals surface area contributed by atoms with Gasteiger partial charge in [-0.25, -0.2) is 0 Å². The van der Waals surface area contributed by atoms with E-state index in [0.29, 0.717) is 22.9 Å². The summed E-state index contributed by atoms with van der Waals surface area (Å²) in [4.78, 5) is 14.0. The number of nitrogens with zero attached hydrogens (tertiary/aromatic N) is 3. The molecule has 2 aromatic carbocycles. The van der Waals surface area contributed by atoms with Crippen LogP contribution in [0.1, 0.15) is 42.5 Å². The van der Waals surface area contributed by atoms with Crippen molar-refractivity contribution in [2.24, 2.45) is 5.92 Å². The summed E-state index contributed by atoms with van der Waals surface area (Å²) >= 11 is 1.65. The number of carbonyl (C=O) groups excluding carboxylic acids is 1. The van der Waals surface area contributed by atoms with E-state index < -0.39 is 0 Å². The summed E-state index contributed by atoms with van der Waals surface area (Å²) in [5, 5.41) is 13.6. The smallest absolute Gasteiger partial charge is 0.255 e. The van der Waals surface area contributed by atoms with Gasteiger partial charge in [-0.05, 0) is 60.0 Å². The molecule has 0 unspecified atom stereocenters. The SMILES string of the molecule is Nc1ccc(-c2cccs2)cc1NC(=O)c1ccc(-c2cn(CC3CCCCC3)nn2)cc1. The number of nitrogens with two attached hydrogens (primary N) is 1. The number of rotatable bonds is 6. The van der Waals surface area contributed by atoms with Crippen LogP contribution in [0.3, 0.4) is 0 Å². The Bertz CT molecular complexity index is 1220. The Balaban J connectivity index is 1.26. The number of hydrogen-bond acceptors (Lipinski definition) is 5. The number of carbonyl (C=O) groups is 1. The molecule has 6 nitrogen and oxygen atoms in total. The Hall–Kier alpha value is -3.45. The molecular formula is C26H27N5OS. The monoisotopic (exact) mass is 457 g/mol. The molecule has 0 radical (unpaired) electrons. The zero-order valence-electron chi connectivity index (χ0n) is 18.4. The van der Waals surface area contributed by atoms with Crippen LogP contribution in [0.15, 0.2) is 66.2 Å². The zero-order chi connectivity index (χ0) is 22.6. The Labute approximate surface area is 197 Å². The Morgan fingerprint density at radius 1 is 1.06 bits per heavy atom. The van der Waals surface area contributed by atoms with Crippen LogP contribution in [-0.4, -0.2) is 20.9 Å². The summed E-state index contributed by atoms with van der Waals surface area (Å²) in [5.41, 5.74) is 10.6. The largest absolute Gasteiger partial charge is 0.397 e. The highest BCUT2D eigenvalue weighted by Gasteiger charge is 2.15. The Morgan fingerprint density at radius 2 is 1.85 bits per heavy atom. The third-order valence-corrected chi connectivity index (χ3v) is 7.18. The minimum Gasteiger partial charge on any atom is -0.397 e. The van der Waals surface area contributed by atoms with Gasteiger partial charge in [-0.15, -0.1) is 16.4 Å². The van der Waals surface area contributed by atoms with E-state index in [1.54, 1.807) is 11.3 Å². The van der Waals surface area contributed by atoms with Crippen LogP contribution in [0.5, 0.6) is 0 Å². The Morgan fingerprint density at radius 3 is 2.61 bits per heavy atom. The summed E-state index contributed by atoms with van der Waals surface area (Å²) in [6.07, 6.45) is 8.55. The van der Waals surface area contributed by atoms with E-state index in [2.05, 4.69) is 15.6 Å². The molecule has 1 fully saturated rings. The molecule has 1 aliphatic rings.